The van der Waals surface area contributed by atoms with Gasteiger partial charge in [0.2, 0.25) is 0 Å². The highest BCUT2D eigenvalue weighted by molar-refractivity contribution is 6.30. The molecule has 0 aliphatic rings. The molecule has 0 atom stereocenters. The fourth-order valence-electron chi connectivity index (χ4n) is 1.52. The molecular formula is C13H10ClFN2O2. The summed E-state index contributed by atoms with van der Waals surface area (Å²) in [6, 6.07) is 8.57. The van der Waals surface area contributed by atoms with Crippen LogP contribution in [0.2, 0.25) is 5.02 Å². The van der Waals surface area contributed by atoms with Crippen molar-refractivity contribution in [3.8, 4) is 11.5 Å². The smallest absolute Gasteiger partial charge is 0.250 e. The predicted octanol–water partition coefficient (Wildman–Crippen LogP) is 2.95. The number of carbonyl (C=O) groups excluding carboxylic acids is 1. The normalized spacial score (nSPS) is 10.2. The van der Waals surface area contributed by atoms with Crippen molar-refractivity contribution in [1.82, 2.24) is 0 Å². The van der Waals surface area contributed by atoms with Crippen LogP contribution in [0.3, 0.4) is 0 Å². The largest absolute Gasteiger partial charge is 0.455 e. The van der Waals surface area contributed by atoms with E-state index in [1.807, 2.05) is 0 Å². The Bertz CT molecular complexity index is 647. The van der Waals surface area contributed by atoms with Gasteiger partial charge in [0.05, 0.1) is 16.3 Å². The van der Waals surface area contributed by atoms with Gasteiger partial charge < -0.3 is 16.2 Å². The summed E-state index contributed by atoms with van der Waals surface area (Å²) < 4.78 is 18.7. The molecule has 6 heteroatoms. The second kappa shape index (κ2) is 5.16. The van der Waals surface area contributed by atoms with Crippen LogP contribution in [0.4, 0.5) is 10.1 Å². The number of ether oxygens (including phenoxy) is 1. The zero-order valence-electron chi connectivity index (χ0n) is 9.69. The van der Waals surface area contributed by atoms with E-state index in [2.05, 4.69) is 0 Å². The number of halogens is 2. The van der Waals surface area contributed by atoms with Gasteiger partial charge >= 0.3 is 0 Å². The standard InChI is InChI=1S/C13H10ClFN2O2/c14-9-5-4-7(6-10(9)15)19-11-3-1-2-8(12(11)16)13(17)18/h1-6H,16H2,(H2,17,18). The van der Waals surface area contributed by atoms with Crippen molar-refractivity contribution in [2.45, 2.75) is 0 Å². The highest BCUT2D eigenvalue weighted by Crippen LogP contribution is 2.31. The van der Waals surface area contributed by atoms with E-state index in [0.717, 1.165) is 6.07 Å². The lowest BCUT2D eigenvalue weighted by Gasteiger charge is -2.10. The fourth-order valence-corrected chi connectivity index (χ4v) is 1.63. The first-order valence-electron chi connectivity index (χ1n) is 5.30. The van der Waals surface area contributed by atoms with Crippen molar-refractivity contribution < 1.29 is 13.9 Å². The van der Waals surface area contributed by atoms with Gasteiger partial charge in [-0.15, -0.1) is 0 Å². The molecule has 0 saturated heterocycles. The van der Waals surface area contributed by atoms with Gasteiger partial charge in [0.15, 0.2) is 5.75 Å². The Morgan fingerprint density at radius 1 is 1.26 bits per heavy atom. The minimum Gasteiger partial charge on any atom is -0.455 e. The molecular weight excluding hydrogens is 271 g/mol. The number of amides is 1. The van der Waals surface area contributed by atoms with Crippen LogP contribution in [0.1, 0.15) is 10.4 Å². The molecule has 0 unspecified atom stereocenters. The Morgan fingerprint density at radius 2 is 2.00 bits per heavy atom. The van der Waals surface area contributed by atoms with Crippen molar-refractivity contribution in [3.63, 3.8) is 0 Å². The summed E-state index contributed by atoms with van der Waals surface area (Å²) in [5, 5.41) is -0.00814. The van der Waals surface area contributed by atoms with Crippen LogP contribution in [0, 0.1) is 5.82 Å². The lowest BCUT2D eigenvalue weighted by molar-refractivity contribution is 0.100. The molecule has 98 valence electrons. The van der Waals surface area contributed by atoms with E-state index in [1.165, 1.54) is 18.2 Å². The van der Waals surface area contributed by atoms with Crippen molar-refractivity contribution in [1.29, 1.82) is 0 Å². The maximum atomic E-state index is 13.3. The summed E-state index contributed by atoms with van der Waals surface area (Å²) >= 11 is 5.57. The number of nitrogen functional groups attached to an aromatic ring is 1. The average molecular weight is 281 g/mol. The SMILES string of the molecule is NC(=O)c1cccc(Oc2ccc(Cl)c(F)c2)c1N. The van der Waals surface area contributed by atoms with Crippen molar-refractivity contribution in [2.24, 2.45) is 5.73 Å². The molecule has 19 heavy (non-hydrogen) atoms. The van der Waals surface area contributed by atoms with E-state index in [1.54, 1.807) is 12.1 Å². The molecule has 0 aliphatic carbocycles. The number of rotatable bonds is 3. The molecule has 2 aromatic rings. The maximum absolute atomic E-state index is 13.3. The third-order valence-corrected chi connectivity index (χ3v) is 2.76. The molecule has 0 radical (unpaired) electrons. The van der Waals surface area contributed by atoms with Gasteiger partial charge in [-0.25, -0.2) is 4.39 Å². The average Bonchev–Trinajstić information content (AvgIpc) is 2.36. The molecule has 4 nitrogen and oxygen atoms in total. The lowest BCUT2D eigenvalue weighted by atomic mass is 10.1. The molecule has 1 amide bonds. The number of nitrogens with two attached hydrogens (primary N) is 2. The Labute approximate surface area is 113 Å². The molecule has 0 bridgehead atoms. The van der Waals surface area contributed by atoms with E-state index >= 15 is 0 Å². The third-order valence-electron chi connectivity index (χ3n) is 2.45. The highest BCUT2D eigenvalue weighted by atomic mass is 35.5. The zero-order chi connectivity index (χ0) is 14.0. The van der Waals surface area contributed by atoms with Gasteiger partial charge in [-0.3, -0.25) is 4.79 Å². The van der Waals surface area contributed by atoms with Gasteiger partial charge in [-0.2, -0.15) is 0 Å². The summed E-state index contributed by atoms with van der Waals surface area (Å²) in [5.74, 6) is -0.831. The molecule has 0 fully saturated rings. The third kappa shape index (κ3) is 2.77. The van der Waals surface area contributed by atoms with Crippen molar-refractivity contribution in [3.05, 3.63) is 52.8 Å². The summed E-state index contributed by atoms with van der Waals surface area (Å²) in [4.78, 5) is 11.1. The Kier molecular flexibility index (Phi) is 3.57. The number of carbonyl (C=O) groups is 1. The summed E-state index contributed by atoms with van der Waals surface area (Å²) in [6.07, 6.45) is 0. The minimum atomic E-state index is -0.662. The van der Waals surface area contributed by atoms with E-state index in [9.17, 15) is 9.18 Å². The van der Waals surface area contributed by atoms with Gasteiger partial charge in [0, 0.05) is 6.07 Å². The van der Waals surface area contributed by atoms with Crippen LogP contribution >= 0.6 is 11.6 Å². The quantitative estimate of drug-likeness (QED) is 0.849. The van der Waals surface area contributed by atoms with E-state index in [-0.39, 0.29) is 27.8 Å². The molecule has 2 aromatic carbocycles. The first-order valence-corrected chi connectivity index (χ1v) is 5.68. The second-order valence-corrected chi connectivity index (χ2v) is 4.17. The molecule has 0 saturated carbocycles. The number of hydrogen-bond donors (Lipinski definition) is 2. The van der Waals surface area contributed by atoms with Gasteiger partial charge in [-0.05, 0) is 24.3 Å². The Balaban J connectivity index is 2.35. The van der Waals surface area contributed by atoms with E-state index in [4.69, 9.17) is 27.8 Å². The Hall–Kier alpha value is -2.27. The van der Waals surface area contributed by atoms with Crippen LogP contribution in [0.25, 0.3) is 0 Å². The number of anilines is 1. The van der Waals surface area contributed by atoms with Crippen molar-refractivity contribution >= 4 is 23.2 Å². The molecule has 0 spiro atoms. The van der Waals surface area contributed by atoms with Gasteiger partial charge in [0.1, 0.15) is 11.6 Å². The van der Waals surface area contributed by atoms with Crippen LogP contribution in [0.5, 0.6) is 11.5 Å². The predicted molar refractivity (Wildman–Crippen MR) is 70.9 cm³/mol. The van der Waals surface area contributed by atoms with Gasteiger partial charge in [-0.1, -0.05) is 17.7 Å². The molecule has 0 aromatic heterocycles. The van der Waals surface area contributed by atoms with Crippen LogP contribution < -0.4 is 16.2 Å². The minimum absolute atomic E-state index is 0.00814. The summed E-state index contributed by atoms with van der Waals surface area (Å²) in [6.45, 7) is 0. The molecule has 0 heterocycles. The number of primary amides is 1. The first-order chi connectivity index (χ1) is 8.99. The molecule has 4 N–H and O–H groups in total. The zero-order valence-corrected chi connectivity index (χ0v) is 10.4. The Morgan fingerprint density at radius 3 is 2.63 bits per heavy atom. The van der Waals surface area contributed by atoms with E-state index < -0.39 is 11.7 Å². The van der Waals surface area contributed by atoms with E-state index in [0.29, 0.717) is 0 Å². The van der Waals surface area contributed by atoms with Crippen LogP contribution in [-0.4, -0.2) is 5.91 Å². The first kappa shape index (κ1) is 13.2. The monoisotopic (exact) mass is 280 g/mol. The lowest BCUT2D eigenvalue weighted by Crippen LogP contribution is -2.13. The maximum Gasteiger partial charge on any atom is 0.250 e. The molecule has 2 rings (SSSR count). The summed E-state index contributed by atoms with van der Waals surface area (Å²) in [7, 11) is 0. The van der Waals surface area contributed by atoms with Crippen LogP contribution in [-0.2, 0) is 0 Å². The summed E-state index contributed by atoms with van der Waals surface area (Å²) in [5.41, 5.74) is 11.2. The second-order valence-electron chi connectivity index (χ2n) is 3.76. The number of para-hydroxylation sites is 1. The number of benzene rings is 2. The topological polar surface area (TPSA) is 78.3 Å². The number of hydrogen-bond acceptors (Lipinski definition) is 3. The molecule has 0 aliphatic heterocycles. The van der Waals surface area contributed by atoms with Gasteiger partial charge in [0.25, 0.3) is 5.91 Å². The van der Waals surface area contributed by atoms with Crippen LogP contribution in [0.15, 0.2) is 36.4 Å². The highest BCUT2D eigenvalue weighted by Gasteiger charge is 2.11. The fraction of sp³-hybridized carbons (Fsp3) is 0. The van der Waals surface area contributed by atoms with Crippen molar-refractivity contribution in [2.75, 3.05) is 5.73 Å².